The molecule has 1 aromatic heterocycles. The highest BCUT2D eigenvalue weighted by atomic mass is 19.4. The van der Waals surface area contributed by atoms with Crippen LogP contribution in [0.5, 0.6) is 0 Å². The van der Waals surface area contributed by atoms with Crippen molar-refractivity contribution in [3.8, 4) is 0 Å². The number of aliphatic hydroxyl groups is 1. The lowest BCUT2D eigenvalue weighted by atomic mass is 10.2. The van der Waals surface area contributed by atoms with Crippen molar-refractivity contribution >= 4 is 6.08 Å². The molecule has 0 unspecified atom stereocenters. The van der Waals surface area contributed by atoms with E-state index in [1.807, 2.05) is 0 Å². The molecule has 0 aliphatic carbocycles. The summed E-state index contributed by atoms with van der Waals surface area (Å²) in [5.41, 5.74) is -2.05. The van der Waals surface area contributed by atoms with Crippen LogP contribution in [0.3, 0.4) is 0 Å². The van der Waals surface area contributed by atoms with E-state index in [2.05, 4.69) is 9.97 Å². The van der Waals surface area contributed by atoms with E-state index in [0.29, 0.717) is 6.07 Å². The molecule has 0 amide bonds. The second-order valence-electron chi connectivity index (χ2n) is 3.25. The fraction of sp³-hybridized carbons (Fsp3) is 0.333. The molecule has 3 nitrogen and oxygen atoms in total. The standard InChI is InChI=1S/C9H6F6N2O/c1-4-16-5(3-7(18)9(13,14)15)2-6(17-4)8(10,11)12/h2-3,18H,1H3/b7-3-. The van der Waals surface area contributed by atoms with Crippen LogP contribution in [-0.2, 0) is 6.18 Å². The molecule has 1 heterocycles. The van der Waals surface area contributed by atoms with E-state index in [4.69, 9.17) is 5.11 Å². The molecule has 0 aliphatic rings. The summed E-state index contributed by atoms with van der Waals surface area (Å²) in [7, 11) is 0. The van der Waals surface area contributed by atoms with Gasteiger partial charge in [-0.1, -0.05) is 0 Å². The highest BCUT2D eigenvalue weighted by Gasteiger charge is 2.35. The minimum absolute atomic E-state index is 0.101. The quantitative estimate of drug-likeness (QED) is 0.630. The van der Waals surface area contributed by atoms with E-state index in [9.17, 15) is 26.3 Å². The van der Waals surface area contributed by atoms with Crippen molar-refractivity contribution in [3.63, 3.8) is 0 Å². The second kappa shape index (κ2) is 4.46. The van der Waals surface area contributed by atoms with Crippen molar-refractivity contribution < 1.29 is 31.4 Å². The minimum atomic E-state index is -5.04. The van der Waals surface area contributed by atoms with Crippen molar-refractivity contribution in [1.29, 1.82) is 0 Å². The average molecular weight is 272 g/mol. The molecule has 0 atom stereocenters. The summed E-state index contributed by atoms with van der Waals surface area (Å²) in [5, 5.41) is 8.62. The van der Waals surface area contributed by atoms with Crippen LogP contribution in [0.25, 0.3) is 6.08 Å². The Morgan fingerprint density at radius 3 is 2.17 bits per heavy atom. The van der Waals surface area contributed by atoms with Crippen molar-refractivity contribution in [2.45, 2.75) is 19.3 Å². The molecule has 0 saturated carbocycles. The molecule has 0 bridgehead atoms. The minimum Gasteiger partial charge on any atom is -0.504 e. The Bertz CT molecular complexity index is 477. The molecule has 0 spiro atoms. The Morgan fingerprint density at radius 2 is 1.72 bits per heavy atom. The monoisotopic (exact) mass is 272 g/mol. The van der Waals surface area contributed by atoms with E-state index in [-0.39, 0.29) is 11.9 Å². The molecule has 100 valence electrons. The molecule has 0 fully saturated rings. The summed E-state index contributed by atoms with van der Waals surface area (Å²) in [5.74, 6) is -2.39. The van der Waals surface area contributed by atoms with Gasteiger partial charge in [-0.25, -0.2) is 9.97 Å². The smallest absolute Gasteiger partial charge is 0.448 e. The van der Waals surface area contributed by atoms with Gasteiger partial charge in [-0.3, -0.25) is 0 Å². The van der Waals surface area contributed by atoms with E-state index in [0.717, 1.165) is 6.92 Å². The molecule has 0 saturated heterocycles. The zero-order valence-electron chi connectivity index (χ0n) is 8.76. The fourth-order valence-electron chi connectivity index (χ4n) is 1.03. The zero-order valence-corrected chi connectivity index (χ0v) is 8.76. The Morgan fingerprint density at radius 1 is 1.17 bits per heavy atom. The first-order valence-corrected chi connectivity index (χ1v) is 4.41. The molecule has 9 heteroatoms. The number of hydrogen-bond acceptors (Lipinski definition) is 3. The Kier molecular flexibility index (Phi) is 3.54. The summed E-state index contributed by atoms with van der Waals surface area (Å²) in [6, 6.07) is 0.314. The number of aromatic nitrogens is 2. The number of rotatable bonds is 1. The summed E-state index contributed by atoms with van der Waals surface area (Å²) in [6.45, 7) is 1.09. The first kappa shape index (κ1) is 14.3. The van der Waals surface area contributed by atoms with Gasteiger partial charge in [0.15, 0.2) is 5.76 Å². The van der Waals surface area contributed by atoms with Gasteiger partial charge in [-0.15, -0.1) is 0 Å². The number of halogens is 6. The zero-order chi connectivity index (χ0) is 14.1. The largest absolute Gasteiger partial charge is 0.504 e. The average Bonchev–Trinajstić information content (AvgIpc) is 2.13. The van der Waals surface area contributed by atoms with Crippen LogP contribution in [0.15, 0.2) is 11.8 Å². The number of hydrogen-bond donors (Lipinski definition) is 1. The normalized spacial score (nSPS) is 13.8. The predicted octanol–water partition coefficient (Wildman–Crippen LogP) is 3.27. The van der Waals surface area contributed by atoms with Crippen molar-refractivity contribution in [2.75, 3.05) is 0 Å². The van der Waals surface area contributed by atoms with E-state index >= 15 is 0 Å². The first-order valence-electron chi connectivity index (χ1n) is 4.41. The van der Waals surface area contributed by atoms with Gasteiger partial charge in [0.2, 0.25) is 0 Å². The molecule has 1 N–H and O–H groups in total. The van der Waals surface area contributed by atoms with Crippen LogP contribution < -0.4 is 0 Å². The number of alkyl halides is 6. The predicted molar refractivity (Wildman–Crippen MR) is 48.4 cm³/mol. The SMILES string of the molecule is Cc1nc(/C=C(\O)C(F)(F)F)cc(C(F)(F)F)n1. The van der Waals surface area contributed by atoms with Crippen LogP contribution in [0.1, 0.15) is 17.2 Å². The molecule has 0 aromatic carbocycles. The maximum absolute atomic E-state index is 12.3. The number of allylic oxidation sites excluding steroid dienone is 1. The van der Waals surface area contributed by atoms with Crippen LogP contribution in [-0.4, -0.2) is 21.3 Å². The van der Waals surface area contributed by atoms with Gasteiger partial charge in [-0.2, -0.15) is 26.3 Å². The van der Waals surface area contributed by atoms with E-state index in [1.165, 1.54) is 0 Å². The van der Waals surface area contributed by atoms with Gasteiger partial charge in [0.25, 0.3) is 0 Å². The topological polar surface area (TPSA) is 46.0 Å². The lowest BCUT2D eigenvalue weighted by Gasteiger charge is -2.08. The van der Waals surface area contributed by atoms with Crippen LogP contribution >= 0.6 is 0 Å². The lowest BCUT2D eigenvalue weighted by molar-refractivity contribution is -0.141. The van der Waals surface area contributed by atoms with Gasteiger partial charge in [0.1, 0.15) is 11.5 Å². The van der Waals surface area contributed by atoms with Crippen LogP contribution in [0.2, 0.25) is 0 Å². The third kappa shape index (κ3) is 3.60. The molecule has 0 aliphatic heterocycles. The molecule has 18 heavy (non-hydrogen) atoms. The Labute approximate surface area is 96.8 Å². The second-order valence-corrected chi connectivity index (χ2v) is 3.25. The molecular weight excluding hydrogens is 266 g/mol. The van der Waals surface area contributed by atoms with Crippen molar-refractivity contribution in [1.82, 2.24) is 9.97 Å². The summed E-state index contributed by atoms with van der Waals surface area (Å²) in [4.78, 5) is 6.40. The summed E-state index contributed by atoms with van der Waals surface area (Å²) >= 11 is 0. The molecule has 1 aromatic rings. The number of nitrogens with zero attached hydrogens (tertiary/aromatic N) is 2. The van der Waals surface area contributed by atoms with Crippen molar-refractivity contribution in [2.24, 2.45) is 0 Å². The molecular formula is C9H6F6N2O. The maximum atomic E-state index is 12.3. The van der Waals surface area contributed by atoms with E-state index in [1.54, 1.807) is 0 Å². The van der Waals surface area contributed by atoms with Gasteiger partial charge in [0.05, 0.1) is 5.69 Å². The Balaban J connectivity index is 3.24. The van der Waals surface area contributed by atoms with Gasteiger partial charge >= 0.3 is 12.4 Å². The van der Waals surface area contributed by atoms with Crippen LogP contribution in [0, 0.1) is 6.92 Å². The number of aliphatic hydroxyl groups excluding tert-OH is 1. The van der Waals surface area contributed by atoms with Gasteiger partial charge in [-0.05, 0) is 13.0 Å². The molecule has 0 radical (unpaired) electrons. The third-order valence-electron chi connectivity index (χ3n) is 1.72. The summed E-state index contributed by atoms with van der Waals surface area (Å²) < 4.78 is 72.9. The van der Waals surface area contributed by atoms with Crippen LogP contribution in [0.4, 0.5) is 26.3 Å². The van der Waals surface area contributed by atoms with Gasteiger partial charge in [0, 0.05) is 6.08 Å². The van der Waals surface area contributed by atoms with Gasteiger partial charge < -0.3 is 5.11 Å². The highest BCUT2D eigenvalue weighted by molar-refractivity contribution is 5.48. The molecule has 1 rings (SSSR count). The van der Waals surface area contributed by atoms with E-state index < -0.39 is 29.5 Å². The third-order valence-corrected chi connectivity index (χ3v) is 1.72. The van der Waals surface area contributed by atoms with Crippen molar-refractivity contribution in [3.05, 3.63) is 29.0 Å². The fourth-order valence-corrected chi connectivity index (χ4v) is 1.03. The lowest BCUT2D eigenvalue weighted by Crippen LogP contribution is -2.13. The summed E-state index contributed by atoms with van der Waals surface area (Å²) in [6.07, 6.45) is -9.74. The first-order chi connectivity index (χ1) is 8.00. The highest BCUT2D eigenvalue weighted by Crippen LogP contribution is 2.29. The Hall–Kier alpha value is -1.80. The number of aryl methyl sites for hydroxylation is 1. The maximum Gasteiger partial charge on any atom is 0.448 e.